The van der Waals surface area contributed by atoms with Crippen molar-refractivity contribution in [2.24, 2.45) is 7.05 Å². The number of nitrogens with zero attached hydrogens (tertiary/aromatic N) is 2. The average Bonchev–Trinajstić information content (AvgIpc) is 2.55. The summed E-state index contributed by atoms with van der Waals surface area (Å²) in [6, 6.07) is -0.0105. The van der Waals surface area contributed by atoms with Crippen LogP contribution in [-0.4, -0.2) is 16.3 Å². The van der Waals surface area contributed by atoms with Gasteiger partial charge in [0.05, 0.1) is 11.7 Å². The zero-order chi connectivity index (χ0) is 10.6. The Bertz CT molecular complexity index is 333. The normalized spacial score (nSPS) is 12.4. The van der Waals surface area contributed by atoms with Crippen LogP contribution in [0, 0.1) is 12.3 Å². The minimum Gasteiger partial charge on any atom is -0.300 e. The molecule has 0 radical (unpaired) electrons. The molecule has 0 saturated carbocycles. The highest BCUT2D eigenvalue weighted by Crippen LogP contribution is 2.16. The SMILES string of the molecule is C#CC(NCC)c1cn(C)nc1CC. The molecule has 1 heterocycles. The molecule has 1 aromatic rings. The van der Waals surface area contributed by atoms with Crippen molar-refractivity contribution >= 4 is 0 Å². The van der Waals surface area contributed by atoms with Gasteiger partial charge < -0.3 is 5.32 Å². The number of terminal acetylenes is 1. The summed E-state index contributed by atoms with van der Waals surface area (Å²) in [5, 5.41) is 7.61. The van der Waals surface area contributed by atoms with Gasteiger partial charge in [0, 0.05) is 18.8 Å². The molecule has 76 valence electrons. The van der Waals surface area contributed by atoms with Gasteiger partial charge in [-0.25, -0.2) is 0 Å². The van der Waals surface area contributed by atoms with Gasteiger partial charge in [-0.3, -0.25) is 4.68 Å². The third-order valence-electron chi connectivity index (χ3n) is 2.16. The van der Waals surface area contributed by atoms with Crippen LogP contribution in [0.1, 0.15) is 31.1 Å². The van der Waals surface area contributed by atoms with Gasteiger partial charge in [-0.05, 0) is 13.0 Å². The fraction of sp³-hybridized carbons (Fsp3) is 0.545. The van der Waals surface area contributed by atoms with E-state index in [1.807, 2.05) is 24.9 Å². The molecule has 0 aliphatic heterocycles. The van der Waals surface area contributed by atoms with Gasteiger partial charge in [-0.15, -0.1) is 6.42 Å². The smallest absolute Gasteiger partial charge is 0.0976 e. The van der Waals surface area contributed by atoms with Crippen molar-refractivity contribution in [3.05, 3.63) is 17.5 Å². The van der Waals surface area contributed by atoms with Crippen molar-refractivity contribution in [1.29, 1.82) is 0 Å². The summed E-state index contributed by atoms with van der Waals surface area (Å²) < 4.78 is 1.82. The van der Waals surface area contributed by atoms with Crippen LogP contribution in [0.25, 0.3) is 0 Å². The Labute approximate surface area is 85.5 Å². The van der Waals surface area contributed by atoms with Crippen molar-refractivity contribution in [3.8, 4) is 12.3 Å². The van der Waals surface area contributed by atoms with Crippen LogP contribution < -0.4 is 5.32 Å². The summed E-state index contributed by atoms with van der Waals surface area (Å²) in [5.74, 6) is 2.74. The molecule has 0 aliphatic rings. The summed E-state index contributed by atoms with van der Waals surface area (Å²) in [4.78, 5) is 0. The van der Waals surface area contributed by atoms with Crippen molar-refractivity contribution in [2.45, 2.75) is 26.3 Å². The van der Waals surface area contributed by atoms with Crippen molar-refractivity contribution in [3.63, 3.8) is 0 Å². The highest BCUT2D eigenvalue weighted by Gasteiger charge is 2.13. The Hall–Kier alpha value is -1.27. The zero-order valence-corrected chi connectivity index (χ0v) is 9.04. The quantitative estimate of drug-likeness (QED) is 0.726. The van der Waals surface area contributed by atoms with Crippen LogP contribution in [0.4, 0.5) is 0 Å². The predicted molar refractivity (Wildman–Crippen MR) is 57.8 cm³/mol. The maximum Gasteiger partial charge on any atom is 0.0976 e. The summed E-state index contributed by atoms with van der Waals surface area (Å²) in [6.07, 6.45) is 8.38. The van der Waals surface area contributed by atoms with Gasteiger partial charge in [0.25, 0.3) is 0 Å². The van der Waals surface area contributed by atoms with Crippen LogP contribution in [-0.2, 0) is 13.5 Å². The summed E-state index contributed by atoms with van der Waals surface area (Å²) in [6.45, 7) is 5.00. The molecule has 0 saturated heterocycles. The summed E-state index contributed by atoms with van der Waals surface area (Å²) in [5.41, 5.74) is 2.20. The highest BCUT2D eigenvalue weighted by atomic mass is 15.3. The highest BCUT2D eigenvalue weighted by molar-refractivity contribution is 5.27. The lowest BCUT2D eigenvalue weighted by molar-refractivity contribution is 0.659. The third-order valence-corrected chi connectivity index (χ3v) is 2.16. The largest absolute Gasteiger partial charge is 0.300 e. The average molecular weight is 191 g/mol. The van der Waals surface area contributed by atoms with E-state index in [-0.39, 0.29) is 6.04 Å². The Balaban J connectivity index is 2.97. The molecule has 0 amide bonds. The molecule has 0 spiro atoms. The van der Waals surface area contributed by atoms with Gasteiger partial charge >= 0.3 is 0 Å². The second-order valence-electron chi connectivity index (χ2n) is 3.22. The van der Waals surface area contributed by atoms with Gasteiger partial charge in [-0.1, -0.05) is 19.8 Å². The van der Waals surface area contributed by atoms with Gasteiger partial charge in [0.1, 0.15) is 0 Å². The Kier molecular flexibility index (Phi) is 3.73. The number of hydrogen-bond donors (Lipinski definition) is 1. The van der Waals surface area contributed by atoms with Crippen LogP contribution in [0.2, 0.25) is 0 Å². The maximum atomic E-state index is 5.47. The number of nitrogens with one attached hydrogen (secondary N) is 1. The van der Waals surface area contributed by atoms with Gasteiger partial charge in [0.2, 0.25) is 0 Å². The molecule has 1 aromatic heterocycles. The molecule has 0 aromatic carbocycles. The summed E-state index contributed by atoms with van der Waals surface area (Å²) in [7, 11) is 1.92. The van der Waals surface area contributed by atoms with Gasteiger partial charge in [-0.2, -0.15) is 5.10 Å². The number of hydrogen-bond acceptors (Lipinski definition) is 2. The topological polar surface area (TPSA) is 29.9 Å². The first-order valence-corrected chi connectivity index (χ1v) is 4.94. The first-order valence-electron chi connectivity index (χ1n) is 4.94. The molecular formula is C11H17N3. The summed E-state index contributed by atoms with van der Waals surface area (Å²) >= 11 is 0. The first kappa shape index (κ1) is 10.8. The van der Waals surface area contributed by atoms with E-state index in [2.05, 4.69) is 23.3 Å². The van der Waals surface area contributed by atoms with Crippen LogP contribution in [0.5, 0.6) is 0 Å². The van der Waals surface area contributed by atoms with E-state index in [0.717, 1.165) is 24.2 Å². The molecule has 1 N–H and O–H groups in total. The molecule has 3 heteroatoms. The zero-order valence-electron chi connectivity index (χ0n) is 9.04. The molecule has 1 atom stereocenters. The van der Waals surface area contributed by atoms with Crippen molar-refractivity contribution in [2.75, 3.05) is 6.54 Å². The van der Waals surface area contributed by atoms with E-state index in [1.165, 1.54) is 0 Å². The van der Waals surface area contributed by atoms with Crippen molar-refractivity contribution < 1.29 is 0 Å². The molecule has 3 nitrogen and oxygen atoms in total. The minimum atomic E-state index is -0.0105. The van der Waals surface area contributed by atoms with Crippen molar-refractivity contribution in [1.82, 2.24) is 15.1 Å². The predicted octanol–water partition coefficient (Wildman–Crippen LogP) is 1.27. The number of rotatable bonds is 4. The Morgan fingerprint density at radius 2 is 2.36 bits per heavy atom. The minimum absolute atomic E-state index is 0.0105. The molecule has 1 rings (SSSR count). The maximum absolute atomic E-state index is 5.47. The lowest BCUT2D eigenvalue weighted by Crippen LogP contribution is -2.19. The Morgan fingerprint density at radius 3 is 2.86 bits per heavy atom. The second-order valence-corrected chi connectivity index (χ2v) is 3.22. The van der Waals surface area contributed by atoms with Gasteiger partial charge in [0.15, 0.2) is 0 Å². The van der Waals surface area contributed by atoms with E-state index < -0.39 is 0 Å². The van der Waals surface area contributed by atoms with E-state index >= 15 is 0 Å². The van der Waals surface area contributed by atoms with Crippen LogP contribution in [0.15, 0.2) is 6.20 Å². The molecule has 0 bridgehead atoms. The van der Waals surface area contributed by atoms with Crippen LogP contribution in [0.3, 0.4) is 0 Å². The monoisotopic (exact) mass is 191 g/mol. The molecule has 0 fully saturated rings. The number of aryl methyl sites for hydroxylation is 2. The standard InChI is InChI=1S/C11H17N3/c1-5-10(12-7-3)9-8-14(4)13-11(9)6-2/h1,8,10,12H,6-7H2,2-4H3. The fourth-order valence-corrected chi connectivity index (χ4v) is 1.53. The molecular weight excluding hydrogens is 174 g/mol. The van der Waals surface area contributed by atoms with E-state index in [4.69, 9.17) is 6.42 Å². The molecule has 14 heavy (non-hydrogen) atoms. The molecule has 1 unspecified atom stereocenters. The second kappa shape index (κ2) is 4.83. The van der Waals surface area contributed by atoms with E-state index in [0.29, 0.717) is 0 Å². The lowest BCUT2D eigenvalue weighted by Gasteiger charge is -2.10. The Morgan fingerprint density at radius 1 is 1.64 bits per heavy atom. The van der Waals surface area contributed by atoms with E-state index in [9.17, 15) is 0 Å². The van der Waals surface area contributed by atoms with Crippen LogP contribution >= 0.6 is 0 Å². The molecule has 0 aliphatic carbocycles. The lowest BCUT2D eigenvalue weighted by atomic mass is 10.1. The third kappa shape index (κ3) is 2.15. The number of aromatic nitrogens is 2. The van der Waals surface area contributed by atoms with E-state index in [1.54, 1.807) is 0 Å². The fourth-order valence-electron chi connectivity index (χ4n) is 1.53. The first-order chi connectivity index (χ1) is 6.72.